The topological polar surface area (TPSA) is 55.1 Å². The van der Waals surface area contributed by atoms with E-state index in [9.17, 15) is 4.79 Å². The van der Waals surface area contributed by atoms with E-state index >= 15 is 0 Å². The van der Waals surface area contributed by atoms with E-state index in [0.29, 0.717) is 11.4 Å². The number of amides is 1. The van der Waals surface area contributed by atoms with Crippen molar-refractivity contribution in [2.45, 2.75) is 19.4 Å². The number of primary amides is 1. The van der Waals surface area contributed by atoms with Crippen molar-refractivity contribution in [2.24, 2.45) is 5.73 Å². The number of hydrogen-bond donors (Lipinski definition) is 2. The minimum atomic E-state index is -0.358. The van der Waals surface area contributed by atoms with Crippen LogP contribution in [0, 0.1) is 0 Å². The van der Waals surface area contributed by atoms with Crippen LogP contribution in [0.15, 0.2) is 22.7 Å². The molecular weight excluding hydrogens is 279 g/mol. The maximum absolute atomic E-state index is 11.0. The lowest BCUT2D eigenvalue weighted by molar-refractivity contribution is -0.118. The Morgan fingerprint density at radius 3 is 2.80 bits per heavy atom. The fourth-order valence-corrected chi connectivity index (χ4v) is 1.66. The molecule has 0 fully saturated rings. The Balaban J connectivity index is 2.80. The first kappa shape index (κ1) is 12.3. The normalized spacial score (nSPS) is 12.2. The molecule has 0 bridgehead atoms. The molecule has 5 heteroatoms. The summed E-state index contributed by atoms with van der Waals surface area (Å²) in [6.45, 7) is 1.90. The van der Waals surface area contributed by atoms with Crippen LogP contribution in [0.25, 0.3) is 0 Å². The monoisotopic (exact) mass is 290 g/mol. The number of anilines is 1. The first-order valence-corrected chi connectivity index (χ1v) is 5.72. The Labute approximate surface area is 102 Å². The molecule has 15 heavy (non-hydrogen) atoms. The van der Waals surface area contributed by atoms with Crippen molar-refractivity contribution >= 4 is 39.1 Å². The number of nitrogens with two attached hydrogens (primary N) is 1. The number of carbonyl (C=O) groups excluding carboxylic acids is 1. The van der Waals surface area contributed by atoms with Gasteiger partial charge in [0, 0.05) is 10.2 Å². The summed E-state index contributed by atoms with van der Waals surface area (Å²) in [6, 6.07) is 5.02. The molecule has 0 aliphatic carbocycles. The summed E-state index contributed by atoms with van der Waals surface area (Å²) in [5, 5.41) is 3.67. The minimum Gasteiger partial charge on any atom is -0.374 e. The van der Waals surface area contributed by atoms with E-state index in [-0.39, 0.29) is 11.9 Å². The quantitative estimate of drug-likeness (QED) is 0.896. The molecule has 0 spiro atoms. The van der Waals surface area contributed by atoms with E-state index in [2.05, 4.69) is 21.2 Å². The zero-order valence-corrected chi connectivity index (χ0v) is 10.6. The van der Waals surface area contributed by atoms with Crippen LogP contribution in [-0.4, -0.2) is 11.9 Å². The second kappa shape index (κ2) is 5.37. The van der Waals surface area contributed by atoms with Crippen LogP contribution in [0.3, 0.4) is 0 Å². The molecule has 0 saturated carbocycles. The molecule has 1 atom stereocenters. The average molecular weight is 292 g/mol. The van der Waals surface area contributed by atoms with Crippen molar-refractivity contribution in [1.82, 2.24) is 0 Å². The van der Waals surface area contributed by atoms with Crippen molar-refractivity contribution in [3.05, 3.63) is 27.7 Å². The zero-order valence-electron chi connectivity index (χ0n) is 8.26. The summed E-state index contributed by atoms with van der Waals surface area (Å²) in [5.41, 5.74) is 6.04. The average Bonchev–Trinajstić information content (AvgIpc) is 2.19. The largest absolute Gasteiger partial charge is 0.374 e. The Bertz CT molecular complexity index is 370. The Kier molecular flexibility index (Phi) is 4.42. The highest BCUT2D eigenvalue weighted by atomic mass is 79.9. The second-order valence-electron chi connectivity index (χ2n) is 3.14. The molecule has 1 amide bonds. The summed E-state index contributed by atoms with van der Waals surface area (Å²) in [6.07, 6.45) is 0.648. The smallest absolute Gasteiger partial charge is 0.239 e. The van der Waals surface area contributed by atoms with Crippen LogP contribution < -0.4 is 11.1 Å². The summed E-state index contributed by atoms with van der Waals surface area (Å²) >= 11 is 9.15. The van der Waals surface area contributed by atoms with Gasteiger partial charge >= 0.3 is 0 Å². The highest BCUT2D eigenvalue weighted by Gasteiger charge is 2.12. The van der Waals surface area contributed by atoms with Gasteiger partial charge in [-0.25, -0.2) is 0 Å². The molecule has 1 rings (SSSR count). The predicted octanol–water partition coefficient (Wildman–Crippen LogP) is 2.78. The van der Waals surface area contributed by atoms with Crippen LogP contribution in [0.1, 0.15) is 13.3 Å². The molecule has 0 saturated heterocycles. The van der Waals surface area contributed by atoms with Crippen molar-refractivity contribution < 1.29 is 4.79 Å². The van der Waals surface area contributed by atoms with E-state index in [4.69, 9.17) is 17.3 Å². The lowest BCUT2D eigenvalue weighted by Crippen LogP contribution is -2.34. The van der Waals surface area contributed by atoms with Crippen molar-refractivity contribution in [3.8, 4) is 0 Å². The lowest BCUT2D eigenvalue weighted by Gasteiger charge is -2.14. The van der Waals surface area contributed by atoms with Gasteiger partial charge in [0.2, 0.25) is 5.91 Å². The summed E-state index contributed by atoms with van der Waals surface area (Å²) in [4.78, 5) is 11.0. The fraction of sp³-hybridized carbons (Fsp3) is 0.300. The molecule has 3 nitrogen and oxygen atoms in total. The molecule has 0 aliphatic heterocycles. The van der Waals surface area contributed by atoms with Gasteiger partial charge in [0.15, 0.2) is 0 Å². The van der Waals surface area contributed by atoms with Gasteiger partial charge in [-0.05, 0) is 40.5 Å². The molecule has 0 heterocycles. The van der Waals surface area contributed by atoms with E-state index in [1.54, 1.807) is 12.1 Å². The highest BCUT2D eigenvalue weighted by Crippen LogP contribution is 2.25. The number of carbonyl (C=O) groups is 1. The maximum atomic E-state index is 11.0. The first-order valence-electron chi connectivity index (χ1n) is 4.55. The number of hydrogen-bond acceptors (Lipinski definition) is 2. The van der Waals surface area contributed by atoms with Crippen molar-refractivity contribution in [2.75, 3.05) is 5.32 Å². The van der Waals surface area contributed by atoms with E-state index in [1.165, 1.54) is 0 Å². The predicted molar refractivity (Wildman–Crippen MR) is 66.0 cm³/mol. The van der Waals surface area contributed by atoms with Gasteiger partial charge in [-0.15, -0.1) is 0 Å². The molecule has 3 N–H and O–H groups in total. The molecule has 0 aliphatic rings. The zero-order chi connectivity index (χ0) is 11.4. The number of halogens is 2. The van der Waals surface area contributed by atoms with Gasteiger partial charge in [-0.1, -0.05) is 18.5 Å². The maximum Gasteiger partial charge on any atom is 0.239 e. The molecule has 0 radical (unpaired) electrons. The van der Waals surface area contributed by atoms with Crippen molar-refractivity contribution in [3.63, 3.8) is 0 Å². The van der Waals surface area contributed by atoms with Gasteiger partial charge in [0.1, 0.15) is 6.04 Å². The van der Waals surface area contributed by atoms with Crippen LogP contribution in [-0.2, 0) is 4.79 Å². The SMILES string of the molecule is CCC(Nc1ccc(Cl)c(Br)c1)C(N)=O. The van der Waals surface area contributed by atoms with Crippen molar-refractivity contribution in [1.29, 1.82) is 0 Å². The minimum absolute atomic E-state index is 0.349. The molecule has 82 valence electrons. The summed E-state index contributed by atoms with van der Waals surface area (Å²) in [5.74, 6) is -0.358. The Morgan fingerprint density at radius 1 is 1.67 bits per heavy atom. The van der Waals surface area contributed by atoms with Crippen LogP contribution in [0.5, 0.6) is 0 Å². The van der Waals surface area contributed by atoms with Crippen LogP contribution in [0.4, 0.5) is 5.69 Å². The number of rotatable bonds is 4. The second-order valence-corrected chi connectivity index (χ2v) is 4.40. The highest BCUT2D eigenvalue weighted by molar-refractivity contribution is 9.10. The number of benzene rings is 1. The molecular formula is C10H12BrClN2O. The molecule has 1 aromatic rings. The van der Waals surface area contributed by atoms with Gasteiger partial charge in [0.25, 0.3) is 0 Å². The van der Waals surface area contributed by atoms with Crippen LogP contribution in [0.2, 0.25) is 5.02 Å². The van der Waals surface area contributed by atoms with Gasteiger partial charge in [-0.3, -0.25) is 4.79 Å². The molecule has 1 unspecified atom stereocenters. The third kappa shape index (κ3) is 3.39. The van der Waals surface area contributed by atoms with Crippen LogP contribution >= 0.6 is 27.5 Å². The van der Waals surface area contributed by atoms with E-state index in [0.717, 1.165) is 10.2 Å². The van der Waals surface area contributed by atoms with Gasteiger partial charge in [-0.2, -0.15) is 0 Å². The number of nitrogens with one attached hydrogen (secondary N) is 1. The Morgan fingerprint density at radius 2 is 2.33 bits per heavy atom. The van der Waals surface area contributed by atoms with E-state index < -0.39 is 0 Å². The van der Waals surface area contributed by atoms with Gasteiger partial charge in [0.05, 0.1) is 5.02 Å². The third-order valence-electron chi connectivity index (χ3n) is 2.01. The summed E-state index contributed by atoms with van der Waals surface area (Å²) in [7, 11) is 0. The lowest BCUT2D eigenvalue weighted by atomic mass is 10.2. The molecule has 0 aromatic heterocycles. The fourth-order valence-electron chi connectivity index (χ4n) is 1.16. The standard InChI is InChI=1S/C10H12BrClN2O/c1-2-9(10(13)15)14-6-3-4-8(12)7(11)5-6/h3-5,9,14H,2H2,1H3,(H2,13,15). The Hall–Kier alpha value is -0.740. The summed E-state index contributed by atoms with van der Waals surface area (Å²) < 4.78 is 0.786. The first-order chi connectivity index (χ1) is 7.04. The van der Waals surface area contributed by atoms with E-state index in [1.807, 2.05) is 13.0 Å². The van der Waals surface area contributed by atoms with Gasteiger partial charge < -0.3 is 11.1 Å². The third-order valence-corrected chi connectivity index (χ3v) is 3.23. The molecule has 1 aromatic carbocycles.